The van der Waals surface area contributed by atoms with E-state index in [1.807, 2.05) is 6.92 Å². The van der Waals surface area contributed by atoms with E-state index in [4.69, 9.17) is 5.73 Å². The third kappa shape index (κ3) is 1.38. The first-order valence-electron chi connectivity index (χ1n) is 4.32. The van der Waals surface area contributed by atoms with Crippen LogP contribution in [0, 0.1) is 6.92 Å². The second-order valence-electron chi connectivity index (χ2n) is 3.00. The first-order valence-corrected chi connectivity index (χ1v) is 4.32. The number of aromatic amines is 1. The van der Waals surface area contributed by atoms with Gasteiger partial charge in [0.1, 0.15) is 6.33 Å². The van der Waals surface area contributed by atoms with E-state index in [2.05, 4.69) is 20.2 Å². The third-order valence-electron chi connectivity index (χ3n) is 2.12. The molecule has 0 saturated carbocycles. The fourth-order valence-corrected chi connectivity index (χ4v) is 1.34. The molecule has 2 rings (SSSR count). The number of hydrogen-bond donors (Lipinski definition) is 2. The first-order chi connectivity index (χ1) is 6.83. The van der Waals surface area contributed by atoms with Crippen LogP contribution in [0.15, 0.2) is 18.7 Å². The monoisotopic (exact) mass is 189 g/mol. The summed E-state index contributed by atoms with van der Waals surface area (Å²) >= 11 is 0. The van der Waals surface area contributed by atoms with E-state index < -0.39 is 0 Å². The maximum Gasteiger partial charge on any atom is 0.115 e. The number of H-pyrrole nitrogens is 1. The van der Waals surface area contributed by atoms with Crippen molar-refractivity contribution in [1.82, 2.24) is 20.2 Å². The summed E-state index contributed by atoms with van der Waals surface area (Å²) in [5.74, 6) is 0. The number of nitrogens with one attached hydrogen (secondary N) is 1. The molecule has 0 atom stereocenters. The van der Waals surface area contributed by atoms with E-state index in [0.29, 0.717) is 6.54 Å². The molecule has 0 unspecified atom stereocenters. The summed E-state index contributed by atoms with van der Waals surface area (Å²) in [4.78, 5) is 8.09. The van der Waals surface area contributed by atoms with Gasteiger partial charge < -0.3 is 5.73 Å². The number of aryl methyl sites for hydroxylation is 1. The molecule has 2 heterocycles. The number of hydrogen-bond acceptors (Lipinski definition) is 4. The number of aromatic nitrogens is 4. The van der Waals surface area contributed by atoms with Gasteiger partial charge in [-0.25, -0.2) is 9.97 Å². The molecule has 2 aromatic heterocycles. The van der Waals surface area contributed by atoms with Crippen molar-refractivity contribution < 1.29 is 0 Å². The maximum absolute atomic E-state index is 5.58. The summed E-state index contributed by atoms with van der Waals surface area (Å²) in [6.07, 6.45) is 5.01. The Kier molecular flexibility index (Phi) is 2.24. The number of rotatable bonds is 2. The summed E-state index contributed by atoms with van der Waals surface area (Å²) < 4.78 is 0. The second kappa shape index (κ2) is 3.55. The molecule has 0 bridgehead atoms. The van der Waals surface area contributed by atoms with Gasteiger partial charge in [-0.3, -0.25) is 5.10 Å². The zero-order valence-corrected chi connectivity index (χ0v) is 7.86. The van der Waals surface area contributed by atoms with Gasteiger partial charge in [0.2, 0.25) is 0 Å². The van der Waals surface area contributed by atoms with Crippen LogP contribution in [-0.4, -0.2) is 20.2 Å². The average molecular weight is 189 g/mol. The highest BCUT2D eigenvalue weighted by Gasteiger charge is 2.09. The summed E-state index contributed by atoms with van der Waals surface area (Å²) in [6.45, 7) is 2.39. The van der Waals surface area contributed by atoms with Gasteiger partial charge in [-0.2, -0.15) is 5.10 Å². The fraction of sp³-hybridized carbons (Fsp3) is 0.222. The molecule has 3 N–H and O–H groups in total. The fourth-order valence-electron chi connectivity index (χ4n) is 1.34. The van der Waals surface area contributed by atoms with Crippen molar-refractivity contribution in [2.24, 2.45) is 5.73 Å². The minimum Gasteiger partial charge on any atom is -0.326 e. The largest absolute Gasteiger partial charge is 0.326 e. The van der Waals surface area contributed by atoms with Crippen molar-refractivity contribution >= 4 is 0 Å². The number of nitrogens with zero attached hydrogens (tertiary/aromatic N) is 3. The second-order valence-corrected chi connectivity index (χ2v) is 3.00. The van der Waals surface area contributed by atoms with Crippen molar-refractivity contribution in [3.8, 4) is 11.3 Å². The quantitative estimate of drug-likeness (QED) is 0.726. The lowest BCUT2D eigenvalue weighted by molar-refractivity contribution is 1.05. The average Bonchev–Trinajstić information content (AvgIpc) is 2.66. The van der Waals surface area contributed by atoms with Crippen LogP contribution in [0.5, 0.6) is 0 Å². The van der Waals surface area contributed by atoms with Crippen molar-refractivity contribution in [2.75, 3.05) is 0 Å². The van der Waals surface area contributed by atoms with Crippen LogP contribution in [0.3, 0.4) is 0 Å². The molecule has 0 aromatic carbocycles. The van der Waals surface area contributed by atoms with E-state index in [1.54, 1.807) is 12.4 Å². The molecule has 5 nitrogen and oxygen atoms in total. The molecule has 2 aromatic rings. The van der Waals surface area contributed by atoms with Crippen LogP contribution < -0.4 is 5.73 Å². The van der Waals surface area contributed by atoms with E-state index in [-0.39, 0.29) is 0 Å². The molecule has 0 aliphatic rings. The molecule has 0 aliphatic carbocycles. The van der Waals surface area contributed by atoms with Crippen LogP contribution in [0.1, 0.15) is 11.3 Å². The molecule has 0 amide bonds. The van der Waals surface area contributed by atoms with Gasteiger partial charge in [0.05, 0.1) is 17.6 Å². The highest BCUT2D eigenvalue weighted by molar-refractivity contribution is 5.63. The predicted octanol–water partition coefficient (Wildman–Crippen LogP) is 0.634. The molecule has 0 saturated heterocycles. The van der Waals surface area contributed by atoms with Crippen LogP contribution in [0.4, 0.5) is 0 Å². The Hall–Kier alpha value is -1.75. The summed E-state index contributed by atoms with van der Waals surface area (Å²) in [5.41, 5.74) is 9.33. The van der Waals surface area contributed by atoms with Crippen molar-refractivity contribution in [3.05, 3.63) is 30.0 Å². The van der Waals surface area contributed by atoms with E-state index in [9.17, 15) is 0 Å². The Balaban J connectivity index is 2.54. The molecule has 5 heteroatoms. The van der Waals surface area contributed by atoms with Crippen LogP contribution >= 0.6 is 0 Å². The van der Waals surface area contributed by atoms with Gasteiger partial charge in [-0.05, 0) is 6.92 Å². The lowest BCUT2D eigenvalue weighted by Crippen LogP contribution is -1.98. The van der Waals surface area contributed by atoms with Crippen molar-refractivity contribution in [3.63, 3.8) is 0 Å². The normalized spacial score (nSPS) is 10.4. The minimum absolute atomic E-state index is 0.458. The SMILES string of the molecule is Cc1ncncc1-c1[nH]ncc1CN. The van der Waals surface area contributed by atoms with E-state index in [0.717, 1.165) is 22.5 Å². The Morgan fingerprint density at radius 3 is 3.00 bits per heavy atom. The molecule has 14 heavy (non-hydrogen) atoms. The van der Waals surface area contributed by atoms with E-state index in [1.165, 1.54) is 6.33 Å². The zero-order valence-electron chi connectivity index (χ0n) is 7.86. The molecule has 0 radical (unpaired) electrons. The van der Waals surface area contributed by atoms with Crippen LogP contribution in [0.2, 0.25) is 0 Å². The smallest absolute Gasteiger partial charge is 0.115 e. The summed E-state index contributed by atoms with van der Waals surface area (Å²) in [5, 5.41) is 6.85. The Bertz CT molecular complexity index is 434. The Morgan fingerprint density at radius 2 is 2.29 bits per heavy atom. The molecular formula is C9H11N5. The topological polar surface area (TPSA) is 80.5 Å². The van der Waals surface area contributed by atoms with E-state index >= 15 is 0 Å². The standard InChI is InChI=1S/C9H11N5/c1-6-8(4-11-5-12-6)9-7(2-10)3-13-14-9/h3-5H,2,10H2,1H3,(H,13,14). The van der Waals surface area contributed by atoms with Gasteiger partial charge in [0, 0.05) is 23.9 Å². The predicted molar refractivity (Wildman–Crippen MR) is 52.2 cm³/mol. The third-order valence-corrected chi connectivity index (χ3v) is 2.12. The van der Waals surface area contributed by atoms with Crippen LogP contribution in [0.25, 0.3) is 11.3 Å². The van der Waals surface area contributed by atoms with Crippen molar-refractivity contribution in [1.29, 1.82) is 0 Å². The number of nitrogens with two attached hydrogens (primary N) is 1. The highest BCUT2D eigenvalue weighted by atomic mass is 15.1. The van der Waals surface area contributed by atoms with Crippen molar-refractivity contribution in [2.45, 2.75) is 13.5 Å². The Labute approximate surface area is 81.4 Å². The lowest BCUT2D eigenvalue weighted by atomic mass is 10.1. The molecule has 0 spiro atoms. The highest BCUT2D eigenvalue weighted by Crippen LogP contribution is 2.21. The molecular weight excluding hydrogens is 178 g/mol. The minimum atomic E-state index is 0.458. The summed E-state index contributed by atoms with van der Waals surface area (Å²) in [6, 6.07) is 0. The van der Waals surface area contributed by atoms with Crippen LogP contribution in [-0.2, 0) is 6.54 Å². The maximum atomic E-state index is 5.58. The van der Waals surface area contributed by atoms with Gasteiger partial charge in [-0.15, -0.1) is 0 Å². The van der Waals surface area contributed by atoms with Gasteiger partial charge in [-0.1, -0.05) is 0 Å². The lowest BCUT2D eigenvalue weighted by Gasteiger charge is -2.02. The summed E-state index contributed by atoms with van der Waals surface area (Å²) in [7, 11) is 0. The molecule has 0 aliphatic heterocycles. The van der Waals surface area contributed by atoms with Gasteiger partial charge in [0.25, 0.3) is 0 Å². The molecule has 72 valence electrons. The Morgan fingerprint density at radius 1 is 1.43 bits per heavy atom. The van der Waals surface area contributed by atoms with Gasteiger partial charge >= 0.3 is 0 Å². The molecule has 0 fully saturated rings. The first kappa shape index (κ1) is 8.83. The zero-order chi connectivity index (χ0) is 9.97. The van der Waals surface area contributed by atoms with Gasteiger partial charge in [0.15, 0.2) is 0 Å².